The average molecular weight is 187 g/mol. The molecule has 5 nitrogen and oxygen atoms in total. The number of rotatable bonds is 3. The first-order valence-electron chi connectivity index (χ1n) is 4.61. The lowest BCUT2D eigenvalue weighted by Crippen LogP contribution is -2.52. The third-order valence-corrected chi connectivity index (χ3v) is 2.33. The van der Waals surface area contributed by atoms with Crippen molar-refractivity contribution in [1.82, 2.24) is 5.32 Å². The highest BCUT2D eigenvalue weighted by Crippen LogP contribution is 2.17. The van der Waals surface area contributed by atoms with Crippen molar-refractivity contribution in [3.05, 3.63) is 0 Å². The molecule has 1 atom stereocenters. The van der Waals surface area contributed by atoms with Crippen LogP contribution < -0.4 is 16.8 Å². The lowest BCUT2D eigenvalue weighted by atomic mass is 10.2. The Bertz CT molecular complexity index is 178. The van der Waals surface area contributed by atoms with Gasteiger partial charge >= 0.3 is 0 Å². The lowest BCUT2D eigenvalue weighted by molar-refractivity contribution is -0.130. The number of aliphatic hydroxyl groups excluding tert-OH is 1. The molecule has 0 spiro atoms. The van der Waals surface area contributed by atoms with Crippen LogP contribution in [0.2, 0.25) is 0 Å². The minimum Gasteiger partial charge on any atom is -0.380 e. The molecule has 1 unspecified atom stereocenters. The van der Waals surface area contributed by atoms with Gasteiger partial charge in [0, 0.05) is 6.04 Å². The van der Waals surface area contributed by atoms with E-state index in [1.54, 1.807) is 0 Å². The molecule has 0 bridgehead atoms. The van der Waals surface area contributed by atoms with Crippen LogP contribution in [0.3, 0.4) is 0 Å². The molecule has 1 aliphatic rings. The van der Waals surface area contributed by atoms with Crippen molar-refractivity contribution in [1.29, 1.82) is 0 Å². The van der Waals surface area contributed by atoms with Crippen molar-refractivity contribution in [3.63, 3.8) is 0 Å². The summed E-state index contributed by atoms with van der Waals surface area (Å²) < 4.78 is 0. The van der Waals surface area contributed by atoms with Gasteiger partial charge in [0.15, 0.2) is 6.10 Å². The van der Waals surface area contributed by atoms with Crippen molar-refractivity contribution >= 4 is 5.91 Å². The van der Waals surface area contributed by atoms with E-state index in [9.17, 15) is 9.90 Å². The molecule has 0 aromatic heterocycles. The Morgan fingerprint density at radius 1 is 1.38 bits per heavy atom. The molecule has 1 saturated carbocycles. The number of aliphatic hydroxyl groups is 1. The molecule has 0 aromatic rings. The third-order valence-electron chi connectivity index (χ3n) is 2.33. The summed E-state index contributed by atoms with van der Waals surface area (Å²) in [4.78, 5) is 11.2. The molecular formula is C8H17N3O2. The average Bonchev–Trinajstić information content (AvgIpc) is 2.55. The van der Waals surface area contributed by atoms with Crippen LogP contribution in [0.25, 0.3) is 0 Å². The molecule has 0 heterocycles. The Morgan fingerprint density at radius 2 is 1.92 bits per heavy atom. The van der Waals surface area contributed by atoms with Gasteiger partial charge in [-0.15, -0.1) is 0 Å². The second kappa shape index (κ2) is 4.55. The van der Waals surface area contributed by atoms with Crippen LogP contribution >= 0.6 is 0 Å². The molecule has 1 aliphatic carbocycles. The summed E-state index contributed by atoms with van der Waals surface area (Å²) in [6.07, 6.45) is 1.95. The Kier molecular flexibility index (Phi) is 3.65. The molecule has 1 fully saturated rings. The SMILES string of the molecule is NC(N)C(O)C(=O)NC1CCCC1. The van der Waals surface area contributed by atoms with Gasteiger partial charge < -0.3 is 21.9 Å². The van der Waals surface area contributed by atoms with E-state index in [4.69, 9.17) is 11.5 Å². The maximum Gasteiger partial charge on any atom is 0.252 e. The predicted molar refractivity (Wildman–Crippen MR) is 48.6 cm³/mol. The fourth-order valence-electron chi connectivity index (χ4n) is 1.53. The zero-order chi connectivity index (χ0) is 9.84. The van der Waals surface area contributed by atoms with E-state index in [1.165, 1.54) is 0 Å². The van der Waals surface area contributed by atoms with E-state index >= 15 is 0 Å². The number of nitrogens with two attached hydrogens (primary N) is 2. The smallest absolute Gasteiger partial charge is 0.252 e. The largest absolute Gasteiger partial charge is 0.380 e. The van der Waals surface area contributed by atoms with Gasteiger partial charge in [-0.1, -0.05) is 12.8 Å². The molecule has 0 aliphatic heterocycles. The van der Waals surface area contributed by atoms with Crippen molar-refractivity contribution in [2.24, 2.45) is 11.5 Å². The van der Waals surface area contributed by atoms with Gasteiger partial charge in [0.1, 0.15) is 0 Å². The van der Waals surface area contributed by atoms with Gasteiger partial charge in [0.05, 0.1) is 6.17 Å². The molecule has 0 aromatic carbocycles. The number of carbonyl (C=O) groups is 1. The molecule has 13 heavy (non-hydrogen) atoms. The van der Waals surface area contributed by atoms with Crippen LogP contribution in [0.5, 0.6) is 0 Å². The monoisotopic (exact) mass is 187 g/mol. The summed E-state index contributed by atoms with van der Waals surface area (Å²) in [5.41, 5.74) is 10.4. The fourth-order valence-corrected chi connectivity index (χ4v) is 1.53. The third kappa shape index (κ3) is 2.95. The minimum atomic E-state index is -1.29. The van der Waals surface area contributed by atoms with E-state index < -0.39 is 18.2 Å². The lowest BCUT2D eigenvalue weighted by Gasteiger charge is -2.17. The molecule has 76 valence electrons. The first-order valence-corrected chi connectivity index (χ1v) is 4.61. The molecule has 6 N–H and O–H groups in total. The van der Waals surface area contributed by atoms with Crippen LogP contribution in [-0.2, 0) is 4.79 Å². The first-order chi connectivity index (χ1) is 6.11. The predicted octanol–water partition coefficient (Wildman–Crippen LogP) is -1.35. The zero-order valence-electron chi connectivity index (χ0n) is 7.57. The summed E-state index contributed by atoms with van der Waals surface area (Å²) >= 11 is 0. The van der Waals surface area contributed by atoms with Gasteiger partial charge in [-0.2, -0.15) is 0 Å². The number of hydrogen-bond donors (Lipinski definition) is 4. The zero-order valence-corrected chi connectivity index (χ0v) is 7.57. The minimum absolute atomic E-state index is 0.195. The van der Waals surface area contributed by atoms with Crippen LogP contribution in [0.1, 0.15) is 25.7 Å². The van der Waals surface area contributed by atoms with Gasteiger partial charge in [-0.25, -0.2) is 0 Å². The standard InChI is InChI=1S/C8H17N3O2/c9-7(10)6(12)8(13)11-5-3-1-2-4-5/h5-7,12H,1-4,9-10H2,(H,11,13). The van der Waals surface area contributed by atoms with E-state index in [1.807, 2.05) is 0 Å². The fraction of sp³-hybridized carbons (Fsp3) is 0.875. The Morgan fingerprint density at radius 3 is 2.38 bits per heavy atom. The molecule has 1 rings (SSSR count). The Balaban J connectivity index is 2.31. The highest BCUT2D eigenvalue weighted by molar-refractivity contribution is 5.81. The Labute approximate surface area is 77.5 Å². The van der Waals surface area contributed by atoms with Crippen molar-refractivity contribution in [2.75, 3.05) is 0 Å². The molecule has 0 saturated heterocycles. The number of hydrogen-bond acceptors (Lipinski definition) is 4. The number of amides is 1. The summed E-state index contributed by atoms with van der Waals surface area (Å²) in [6.45, 7) is 0. The van der Waals surface area contributed by atoms with Crippen molar-refractivity contribution in [2.45, 2.75) is 44.0 Å². The van der Waals surface area contributed by atoms with E-state index in [0.29, 0.717) is 0 Å². The van der Waals surface area contributed by atoms with E-state index in [-0.39, 0.29) is 6.04 Å². The molecule has 1 amide bonds. The Hall–Kier alpha value is -0.650. The van der Waals surface area contributed by atoms with E-state index in [2.05, 4.69) is 5.32 Å². The maximum atomic E-state index is 11.2. The molecule has 5 heteroatoms. The van der Waals surface area contributed by atoms with Gasteiger partial charge in [0.25, 0.3) is 5.91 Å². The topological polar surface area (TPSA) is 101 Å². The highest BCUT2D eigenvalue weighted by atomic mass is 16.3. The van der Waals surface area contributed by atoms with E-state index in [0.717, 1.165) is 25.7 Å². The van der Waals surface area contributed by atoms with Crippen molar-refractivity contribution < 1.29 is 9.90 Å². The summed E-state index contributed by atoms with van der Waals surface area (Å²) in [7, 11) is 0. The second-order valence-corrected chi connectivity index (χ2v) is 3.51. The van der Waals surface area contributed by atoms with Gasteiger partial charge in [-0.3, -0.25) is 4.79 Å². The number of nitrogens with one attached hydrogen (secondary N) is 1. The summed E-state index contributed by atoms with van der Waals surface area (Å²) in [6, 6.07) is 0.195. The van der Waals surface area contributed by atoms with Gasteiger partial charge in [0.2, 0.25) is 0 Å². The van der Waals surface area contributed by atoms with Crippen LogP contribution in [0.15, 0.2) is 0 Å². The van der Waals surface area contributed by atoms with Crippen LogP contribution in [0, 0.1) is 0 Å². The highest BCUT2D eigenvalue weighted by Gasteiger charge is 2.24. The quantitative estimate of drug-likeness (QED) is 0.410. The maximum absolute atomic E-state index is 11.2. The number of carbonyl (C=O) groups excluding carboxylic acids is 1. The van der Waals surface area contributed by atoms with Crippen LogP contribution in [0.4, 0.5) is 0 Å². The molecular weight excluding hydrogens is 170 g/mol. The normalized spacial score (nSPS) is 20.6. The second-order valence-electron chi connectivity index (χ2n) is 3.51. The summed E-state index contributed by atoms with van der Waals surface area (Å²) in [5.74, 6) is -0.457. The van der Waals surface area contributed by atoms with Gasteiger partial charge in [-0.05, 0) is 12.8 Å². The summed E-state index contributed by atoms with van der Waals surface area (Å²) in [5, 5.41) is 11.9. The van der Waals surface area contributed by atoms with Crippen LogP contribution in [-0.4, -0.2) is 29.3 Å². The molecule has 0 radical (unpaired) electrons. The first kappa shape index (κ1) is 10.4. The van der Waals surface area contributed by atoms with Crippen molar-refractivity contribution in [3.8, 4) is 0 Å².